The van der Waals surface area contributed by atoms with Gasteiger partial charge in [0.25, 0.3) is 0 Å². The maximum absolute atomic E-state index is 12.9. The lowest BCUT2D eigenvalue weighted by Crippen LogP contribution is -2.30. The molecule has 2 aromatic rings. The average Bonchev–Trinajstić information content (AvgIpc) is 2.51. The van der Waals surface area contributed by atoms with E-state index in [1.807, 2.05) is 0 Å². The average molecular weight is 358 g/mol. The van der Waals surface area contributed by atoms with E-state index < -0.39 is 21.9 Å². The van der Waals surface area contributed by atoms with Crippen LogP contribution >= 0.6 is 11.6 Å². The van der Waals surface area contributed by atoms with E-state index in [1.54, 1.807) is 24.3 Å². The molecule has 0 amide bonds. The number of methoxy groups -OCH3 is 1. The van der Waals surface area contributed by atoms with Crippen LogP contribution in [0.5, 0.6) is 0 Å². The fourth-order valence-electron chi connectivity index (χ4n) is 2.11. The number of rotatable bonds is 7. The van der Waals surface area contributed by atoms with Gasteiger partial charge < -0.3 is 4.74 Å². The SMILES string of the molecule is COC(CNS(=O)(=O)Cc1ccc(F)cc1)c1ccccc1Cl. The van der Waals surface area contributed by atoms with Gasteiger partial charge in [-0.25, -0.2) is 17.5 Å². The van der Waals surface area contributed by atoms with Crippen molar-refractivity contribution in [1.82, 2.24) is 4.72 Å². The molecule has 1 atom stereocenters. The number of ether oxygens (including phenoxy) is 1. The van der Waals surface area contributed by atoms with Gasteiger partial charge in [-0.05, 0) is 23.8 Å². The summed E-state index contributed by atoms with van der Waals surface area (Å²) in [5.41, 5.74) is 1.21. The van der Waals surface area contributed by atoms with E-state index in [4.69, 9.17) is 16.3 Å². The van der Waals surface area contributed by atoms with Crippen LogP contribution in [0.1, 0.15) is 17.2 Å². The molecule has 0 aliphatic carbocycles. The number of hydrogen-bond donors (Lipinski definition) is 1. The van der Waals surface area contributed by atoms with Gasteiger partial charge >= 0.3 is 0 Å². The van der Waals surface area contributed by atoms with Gasteiger partial charge in [0.1, 0.15) is 5.82 Å². The van der Waals surface area contributed by atoms with E-state index in [2.05, 4.69) is 4.72 Å². The lowest BCUT2D eigenvalue weighted by Gasteiger charge is -2.18. The second-order valence-corrected chi connectivity index (χ2v) is 7.19. The molecule has 0 aliphatic heterocycles. The Balaban J connectivity index is 2.02. The largest absolute Gasteiger partial charge is 0.375 e. The molecule has 0 radical (unpaired) electrons. The van der Waals surface area contributed by atoms with E-state index in [0.29, 0.717) is 16.1 Å². The number of benzene rings is 2. The number of sulfonamides is 1. The first-order valence-electron chi connectivity index (χ1n) is 6.90. The molecule has 2 rings (SSSR count). The van der Waals surface area contributed by atoms with Crippen LogP contribution in [0, 0.1) is 5.82 Å². The van der Waals surface area contributed by atoms with Crippen molar-refractivity contribution in [2.24, 2.45) is 0 Å². The van der Waals surface area contributed by atoms with E-state index in [-0.39, 0.29) is 12.3 Å². The summed E-state index contributed by atoms with van der Waals surface area (Å²) in [5.74, 6) is -0.635. The zero-order valence-electron chi connectivity index (χ0n) is 12.5. The Bertz CT molecular complexity index is 750. The third-order valence-corrected chi connectivity index (χ3v) is 4.96. The van der Waals surface area contributed by atoms with Crippen LogP contribution in [-0.2, 0) is 20.5 Å². The molecule has 124 valence electrons. The third kappa shape index (κ3) is 5.28. The Kier molecular flexibility index (Phi) is 6.12. The van der Waals surface area contributed by atoms with Gasteiger partial charge in [0.15, 0.2) is 0 Å². The van der Waals surface area contributed by atoms with Crippen LogP contribution in [0.2, 0.25) is 5.02 Å². The molecule has 1 unspecified atom stereocenters. The van der Waals surface area contributed by atoms with Gasteiger partial charge in [0, 0.05) is 24.2 Å². The van der Waals surface area contributed by atoms with Gasteiger partial charge in [0.2, 0.25) is 10.0 Å². The highest BCUT2D eigenvalue weighted by molar-refractivity contribution is 7.88. The maximum Gasteiger partial charge on any atom is 0.215 e. The van der Waals surface area contributed by atoms with E-state index >= 15 is 0 Å². The molecule has 0 saturated carbocycles. The van der Waals surface area contributed by atoms with Gasteiger partial charge in [-0.3, -0.25) is 0 Å². The summed E-state index contributed by atoms with van der Waals surface area (Å²) in [7, 11) is -2.08. The predicted molar refractivity (Wildman–Crippen MR) is 88.2 cm³/mol. The highest BCUT2D eigenvalue weighted by atomic mass is 35.5. The molecular weight excluding hydrogens is 341 g/mol. The van der Waals surface area contributed by atoms with Gasteiger partial charge in [-0.1, -0.05) is 41.9 Å². The fraction of sp³-hybridized carbons (Fsp3) is 0.250. The second-order valence-electron chi connectivity index (χ2n) is 4.98. The molecule has 7 heteroatoms. The van der Waals surface area contributed by atoms with Crippen molar-refractivity contribution in [3.63, 3.8) is 0 Å². The highest BCUT2D eigenvalue weighted by Gasteiger charge is 2.18. The molecule has 0 bridgehead atoms. The topological polar surface area (TPSA) is 55.4 Å². The summed E-state index contributed by atoms with van der Waals surface area (Å²) in [6.07, 6.45) is -0.494. The maximum atomic E-state index is 12.9. The first kappa shape index (κ1) is 17.9. The highest BCUT2D eigenvalue weighted by Crippen LogP contribution is 2.24. The molecule has 23 heavy (non-hydrogen) atoms. The Hall–Kier alpha value is -1.47. The molecule has 0 aromatic heterocycles. The van der Waals surface area contributed by atoms with Crippen molar-refractivity contribution in [1.29, 1.82) is 0 Å². The molecular formula is C16H17ClFNO3S. The molecule has 0 aliphatic rings. The summed E-state index contributed by atoms with van der Waals surface area (Å²) in [6, 6.07) is 12.4. The minimum absolute atomic E-state index is 0.0593. The molecule has 4 nitrogen and oxygen atoms in total. The van der Waals surface area contributed by atoms with Crippen LogP contribution in [0.25, 0.3) is 0 Å². The standard InChI is InChI=1S/C16H17ClFNO3S/c1-22-16(14-4-2-3-5-15(14)17)10-19-23(20,21)11-12-6-8-13(18)9-7-12/h2-9,16,19H,10-11H2,1H3. The lowest BCUT2D eigenvalue weighted by molar-refractivity contribution is 0.107. The van der Waals surface area contributed by atoms with Crippen LogP contribution < -0.4 is 4.72 Å². The third-order valence-electron chi connectivity index (χ3n) is 3.30. The first-order chi connectivity index (χ1) is 10.9. The van der Waals surface area contributed by atoms with Gasteiger partial charge in [-0.2, -0.15) is 0 Å². The Morgan fingerprint density at radius 3 is 2.43 bits per heavy atom. The molecule has 0 spiro atoms. The molecule has 0 heterocycles. The summed E-state index contributed by atoms with van der Waals surface area (Å²) in [5, 5.41) is 0.511. The van der Waals surface area contributed by atoms with Crippen LogP contribution in [0.4, 0.5) is 4.39 Å². The summed E-state index contributed by atoms with van der Waals surface area (Å²) < 4.78 is 44.9. The van der Waals surface area contributed by atoms with Crippen molar-refractivity contribution >= 4 is 21.6 Å². The molecule has 0 saturated heterocycles. The normalized spacial score (nSPS) is 13.0. The zero-order valence-corrected chi connectivity index (χ0v) is 14.1. The van der Waals surface area contributed by atoms with E-state index in [1.165, 1.54) is 31.4 Å². The van der Waals surface area contributed by atoms with Crippen molar-refractivity contribution in [2.75, 3.05) is 13.7 Å². The number of halogens is 2. The van der Waals surface area contributed by atoms with Crippen molar-refractivity contribution in [2.45, 2.75) is 11.9 Å². The summed E-state index contributed by atoms with van der Waals surface area (Å²) >= 11 is 6.10. The lowest BCUT2D eigenvalue weighted by atomic mass is 10.1. The number of nitrogens with one attached hydrogen (secondary N) is 1. The van der Waals surface area contributed by atoms with Crippen molar-refractivity contribution in [3.05, 3.63) is 70.5 Å². The predicted octanol–water partition coefficient (Wildman–Crippen LogP) is 3.29. The van der Waals surface area contributed by atoms with Gasteiger partial charge in [0.05, 0.1) is 11.9 Å². The fourth-order valence-corrected chi connectivity index (χ4v) is 3.51. The smallest absolute Gasteiger partial charge is 0.215 e. The summed E-state index contributed by atoms with van der Waals surface area (Å²) in [6.45, 7) is 0.0593. The Morgan fingerprint density at radius 1 is 1.17 bits per heavy atom. The number of hydrogen-bond acceptors (Lipinski definition) is 3. The van der Waals surface area contributed by atoms with E-state index in [9.17, 15) is 12.8 Å². The molecule has 2 aromatic carbocycles. The van der Waals surface area contributed by atoms with Crippen molar-refractivity contribution in [3.8, 4) is 0 Å². The second kappa shape index (κ2) is 7.88. The Morgan fingerprint density at radius 2 is 1.83 bits per heavy atom. The van der Waals surface area contributed by atoms with Crippen LogP contribution in [-0.4, -0.2) is 22.1 Å². The monoisotopic (exact) mass is 357 g/mol. The van der Waals surface area contributed by atoms with Crippen LogP contribution in [0.15, 0.2) is 48.5 Å². The summed E-state index contributed by atoms with van der Waals surface area (Å²) in [4.78, 5) is 0. The van der Waals surface area contributed by atoms with Gasteiger partial charge in [-0.15, -0.1) is 0 Å². The van der Waals surface area contributed by atoms with Crippen molar-refractivity contribution < 1.29 is 17.5 Å². The first-order valence-corrected chi connectivity index (χ1v) is 8.93. The Labute approximate surface area is 140 Å². The van der Waals surface area contributed by atoms with E-state index in [0.717, 1.165) is 0 Å². The minimum Gasteiger partial charge on any atom is -0.375 e. The minimum atomic E-state index is -3.57. The van der Waals surface area contributed by atoms with Crippen LogP contribution in [0.3, 0.4) is 0 Å². The molecule has 0 fully saturated rings. The zero-order chi connectivity index (χ0) is 16.9. The molecule has 1 N–H and O–H groups in total. The quantitative estimate of drug-likeness (QED) is 0.827.